The number of hydrogen-bond acceptors (Lipinski definition) is 3. The molecule has 0 radical (unpaired) electrons. The van der Waals surface area contributed by atoms with Crippen molar-refractivity contribution in [2.45, 2.75) is 19.4 Å². The lowest BCUT2D eigenvalue weighted by atomic mass is 9.93. The van der Waals surface area contributed by atoms with Crippen LogP contribution in [-0.2, 0) is 11.3 Å². The van der Waals surface area contributed by atoms with Crippen LogP contribution in [0.15, 0.2) is 71.5 Å². The molecular formula is C19H18N2O2. The van der Waals surface area contributed by atoms with Gasteiger partial charge in [-0.25, -0.2) is 0 Å². The average Bonchev–Trinajstić information content (AvgIpc) is 3.09. The standard InChI is InChI=1S/C19H18N2O2/c1-14-7-9-15(10-8-14)18(17-6-2-3-11-20-17)19(22)21-13-16-5-4-12-23-16/h2-12,18H,13H2,1H3,(H,21,22). The van der Waals surface area contributed by atoms with Crippen LogP contribution in [0.25, 0.3) is 0 Å². The van der Waals surface area contributed by atoms with Crippen molar-refractivity contribution in [1.82, 2.24) is 10.3 Å². The monoisotopic (exact) mass is 306 g/mol. The van der Waals surface area contributed by atoms with Gasteiger partial charge in [0.1, 0.15) is 11.7 Å². The van der Waals surface area contributed by atoms with Gasteiger partial charge in [0.15, 0.2) is 0 Å². The third-order valence-corrected chi connectivity index (χ3v) is 3.67. The molecule has 116 valence electrons. The number of aromatic nitrogens is 1. The average molecular weight is 306 g/mol. The van der Waals surface area contributed by atoms with E-state index in [-0.39, 0.29) is 5.91 Å². The minimum absolute atomic E-state index is 0.0936. The maximum absolute atomic E-state index is 12.7. The van der Waals surface area contributed by atoms with E-state index in [1.165, 1.54) is 0 Å². The zero-order chi connectivity index (χ0) is 16.1. The molecule has 1 unspecified atom stereocenters. The topological polar surface area (TPSA) is 55.1 Å². The van der Waals surface area contributed by atoms with E-state index in [0.29, 0.717) is 6.54 Å². The Kier molecular flexibility index (Phi) is 4.52. The second kappa shape index (κ2) is 6.92. The number of aryl methyl sites for hydroxylation is 1. The molecule has 0 spiro atoms. The van der Waals surface area contributed by atoms with Crippen LogP contribution in [0.4, 0.5) is 0 Å². The lowest BCUT2D eigenvalue weighted by molar-refractivity contribution is -0.122. The van der Waals surface area contributed by atoms with Crippen LogP contribution in [0.5, 0.6) is 0 Å². The Balaban J connectivity index is 1.85. The van der Waals surface area contributed by atoms with Crippen LogP contribution in [0.3, 0.4) is 0 Å². The van der Waals surface area contributed by atoms with Crippen molar-refractivity contribution in [2.24, 2.45) is 0 Å². The molecular weight excluding hydrogens is 288 g/mol. The van der Waals surface area contributed by atoms with Crippen molar-refractivity contribution in [3.8, 4) is 0 Å². The SMILES string of the molecule is Cc1ccc(C(C(=O)NCc2ccco2)c2ccccn2)cc1. The minimum atomic E-state index is -0.438. The molecule has 0 aliphatic rings. The molecule has 0 aliphatic heterocycles. The highest BCUT2D eigenvalue weighted by Gasteiger charge is 2.23. The molecule has 1 atom stereocenters. The van der Waals surface area contributed by atoms with E-state index in [9.17, 15) is 4.79 Å². The second-order valence-electron chi connectivity index (χ2n) is 5.40. The van der Waals surface area contributed by atoms with Gasteiger partial charge in [-0.2, -0.15) is 0 Å². The number of nitrogens with one attached hydrogen (secondary N) is 1. The molecule has 0 aliphatic carbocycles. The number of nitrogens with zero attached hydrogens (tertiary/aromatic N) is 1. The second-order valence-corrected chi connectivity index (χ2v) is 5.40. The molecule has 4 heteroatoms. The fraction of sp³-hybridized carbons (Fsp3) is 0.158. The summed E-state index contributed by atoms with van der Waals surface area (Å²) in [5.74, 6) is 0.192. The van der Waals surface area contributed by atoms with Crippen LogP contribution < -0.4 is 5.32 Å². The van der Waals surface area contributed by atoms with Crippen LogP contribution in [0, 0.1) is 6.92 Å². The van der Waals surface area contributed by atoms with E-state index >= 15 is 0 Å². The number of carbonyl (C=O) groups excluding carboxylic acids is 1. The lowest BCUT2D eigenvalue weighted by Gasteiger charge is -2.16. The first-order chi connectivity index (χ1) is 11.2. The van der Waals surface area contributed by atoms with Crippen molar-refractivity contribution in [3.05, 3.63) is 89.6 Å². The first kappa shape index (κ1) is 15.0. The van der Waals surface area contributed by atoms with Crippen LogP contribution >= 0.6 is 0 Å². The van der Waals surface area contributed by atoms with E-state index in [4.69, 9.17) is 4.42 Å². The highest BCUT2D eigenvalue weighted by atomic mass is 16.3. The Morgan fingerprint density at radius 2 is 1.96 bits per heavy atom. The fourth-order valence-electron chi connectivity index (χ4n) is 2.45. The fourth-order valence-corrected chi connectivity index (χ4v) is 2.45. The van der Waals surface area contributed by atoms with Crippen molar-refractivity contribution in [2.75, 3.05) is 0 Å². The summed E-state index contributed by atoms with van der Waals surface area (Å²) in [5.41, 5.74) is 2.81. The maximum atomic E-state index is 12.7. The molecule has 0 bridgehead atoms. The number of benzene rings is 1. The predicted octanol–water partition coefficient (Wildman–Crippen LogP) is 3.43. The quantitative estimate of drug-likeness (QED) is 0.785. The maximum Gasteiger partial charge on any atom is 0.233 e. The Hall–Kier alpha value is -2.88. The smallest absolute Gasteiger partial charge is 0.233 e. The summed E-state index contributed by atoms with van der Waals surface area (Å²) in [5, 5.41) is 2.92. The van der Waals surface area contributed by atoms with Gasteiger partial charge in [0.05, 0.1) is 18.5 Å². The molecule has 23 heavy (non-hydrogen) atoms. The first-order valence-corrected chi connectivity index (χ1v) is 7.51. The molecule has 3 aromatic rings. The third kappa shape index (κ3) is 3.66. The Bertz CT molecular complexity index is 750. The number of carbonyl (C=O) groups is 1. The summed E-state index contributed by atoms with van der Waals surface area (Å²) in [6.45, 7) is 2.39. The zero-order valence-electron chi connectivity index (χ0n) is 12.9. The van der Waals surface area contributed by atoms with Gasteiger partial charge in [0.25, 0.3) is 0 Å². The van der Waals surface area contributed by atoms with Crippen molar-refractivity contribution >= 4 is 5.91 Å². The van der Waals surface area contributed by atoms with Gasteiger partial charge in [0.2, 0.25) is 5.91 Å². The first-order valence-electron chi connectivity index (χ1n) is 7.51. The Labute approximate surface area is 135 Å². The van der Waals surface area contributed by atoms with E-state index < -0.39 is 5.92 Å². The summed E-state index contributed by atoms with van der Waals surface area (Å²) in [6.07, 6.45) is 3.30. The van der Waals surface area contributed by atoms with E-state index in [0.717, 1.165) is 22.6 Å². The largest absolute Gasteiger partial charge is 0.467 e. The Morgan fingerprint density at radius 3 is 2.61 bits per heavy atom. The summed E-state index contributed by atoms with van der Waals surface area (Å²) in [6, 6.07) is 17.2. The van der Waals surface area contributed by atoms with Crippen molar-refractivity contribution in [1.29, 1.82) is 0 Å². The summed E-state index contributed by atoms with van der Waals surface area (Å²) < 4.78 is 5.26. The molecule has 2 aromatic heterocycles. The predicted molar refractivity (Wildman–Crippen MR) is 87.8 cm³/mol. The van der Waals surface area contributed by atoms with Gasteiger partial charge in [-0.1, -0.05) is 35.9 Å². The molecule has 2 heterocycles. The highest BCUT2D eigenvalue weighted by molar-refractivity contribution is 5.86. The normalized spacial score (nSPS) is 11.9. The minimum Gasteiger partial charge on any atom is -0.467 e. The van der Waals surface area contributed by atoms with E-state index in [1.54, 1.807) is 18.5 Å². The molecule has 3 rings (SSSR count). The number of rotatable bonds is 5. The van der Waals surface area contributed by atoms with E-state index in [1.807, 2.05) is 55.5 Å². The van der Waals surface area contributed by atoms with Crippen molar-refractivity contribution < 1.29 is 9.21 Å². The number of pyridine rings is 1. The molecule has 0 fully saturated rings. The van der Waals surface area contributed by atoms with Crippen LogP contribution in [0.1, 0.15) is 28.5 Å². The van der Waals surface area contributed by atoms with Crippen LogP contribution in [-0.4, -0.2) is 10.9 Å². The third-order valence-electron chi connectivity index (χ3n) is 3.67. The van der Waals surface area contributed by atoms with Gasteiger partial charge in [-0.3, -0.25) is 9.78 Å². The van der Waals surface area contributed by atoms with Gasteiger partial charge < -0.3 is 9.73 Å². The van der Waals surface area contributed by atoms with Gasteiger partial charge >= 0.3 is 0 Å². The number of furan rings is 1. The highest BCUT2D eigenvalue weighted by Crippen LogP contribution is 2.23. The van der Waals surface area contributed by atoms with E-state index in [2.05, 4.69) is 10.3 Å². The molecule has 0 saturated carbocycles. The van der Waals surface area contributed by atoms with Gasteiger partial charge in [0, 0.05) is 6.20 Å². The van der Waals surface area contributed by atoms with Crippen molar-refractivity contribution in [3.63, 3.8) is 0 Å². The molecule has 1 amide bonds. The molecule has 1 aromatic carbocycles. The van der Waals surface area contributed by atoms with Gasteiger partial charge in [-0.05, 0) is 36.8 Å². The molecule has 0 saturated heterocycles. The van der Waals surface area contributed by atoms with Crippen LogP contribution in [0.2, 0.25) is 0 Å². The Morgan fingerprint density at radius 1 is 1.13 bits per heavy atom. The van der Waals surface area contributed by atoms with Gasteiger partial charge in [-0.15, -0.1) is 0 Å². The summed E-state index contributed by atoms with van der Waals surface area (Å²) in [7, 11) is 0. The lowest BCUT2D eigenvalue weighted by Crippen LogP contribution is -2.30. The molecule has 4 nitrogen and oxygen atoms in total. The number of hydrogen-bond donors (Lipinski definition) is 1. The number of amides is 1. The molecule has 1 N–H and O–H groups in total. The summed E-state index contributed by atoms with van der Waals surface area (Å²) >= 11 is 0. The zero-order valence-corrected chi connectivity index (χ0v) is 12.9. The summed E-state index contributed by atoms with van der Waals surface area (Å²) in [4.78, 5) is 17.1.